The van der Waals surface area contributed by atoms with Crippen LogP contribution in [0.1, 0.15) is 24.5 Å². The lowest BCUT2D eigenvalue weighted by molar-refractivity contribution is 0.509. The van der Waals surface area contributed by atoms with Gasteiger partial charge in [-0.05, 0) is 53.6 Å². The monoisotopic (exact) mass is 392 g/mol. The third kappa shape index (κ3) is 2.58. The molecular formula is C13H8ClF2IN2. The third-order valence-corrected chi connectivity index (χ3v) is 4.63. The summed E-state index contributed by atoms with van der Waals surface area (Å²) in [5.74, 6) is -1.05. The maximum absolute atomic E-state index is 13.3. The summed E-state index contributed by atoms with van der Waals surface area (Å²) in [6.07, 6.45) is 2.17. The van der Waals surface area contributed by atoms with Crippen LogP contribution in [0.2, 0.25) is 5.15 Å². The molecule has 0 bridgehead atoms. The normalized spacial score (nSPS) is 14.7. The van der Waals surface area contributed by atoms with Crippen LogP contribution in [-0.4, -0.2) is 9.97 Å². The second kappa shape index (κ2) is 4.94. The molecule has 0 saturated heterocycles. The van der Waals surface area contributed by atoms with Gasteiger partial charge in [-0.1, -0.05) is 11.6 Å². The molecule has 1 aromatic heterocycles. The number of halogens is 4. The lowest BCUT2D eigenvalue weighted by Gasteiger charge is -2.07. The molecule has 6 heteroatoms. The molecule has 0 spiro atoms. The highest BCUT2D eigenvalue weighted by Gasteiger charge is 2.29. The van der Waals surface area contributed by atoms with Gasteiger partial charge in [-0.25, -0.2) is 18.7 Å². The van der Waals surface area contributed by atoms with Crippen LogP contribution < -0.4 is 0 Å². The fraction of sp³-hybridized carbons (Fsp3) is 0.231. The third-order valence-electron chi connectivity index (χ3n) is 2.98. The summed E-state index contributed by atoms with van der Waals surface area (Å²) in [5.41, 5.74) is 1.33. The number of benzene rings is 1. The van der Waals surface area contributed by atoms with E-state index >= 15 is 0 Å². The van der Waals surface area contributed by atoms with Gasteiger partial charge in [-0.2, -0.15) is 0 Å². The molecule has 1 heterocycles. The predicted molar refractivity (Wildman–Crippen MR) is 77.1 cm³/mol. The molecule has 0 radical (unpaired) electrons. The Bertz CT molecular complexity index is 659. The van der Waals surface area contributed by atoms with E-state index in [4.69, 9.17) is 11.6 Å². The number of hydrogen-bond acceptors (Lipinski definition) is 2. The molecule has 1 fully saturated rings. The van der Waals surface area contributed by atoms with Crippen molar-refractivity contribution in [2.45, 2.75) is 18.8 Å². The number of nitrogens with zero attached hydrogens (tertiary/aromatic N) is 2. The zero-order valence-corrected chi connectivity index (χ0v) is 12.5. The lowest BCUT2D eigenvalue weighted by Crippen LogP contribution is -2.00. The minimum absolute atomic E-state index is 0.339. The first-order chi connectivity index (χ1) is 9.06. The Labute approximate surface area is 127 Å². The molecule has 3 rings (SSSR count). The molecule has 1 aromatic carbocycles. The maximum Gasteiger partial charge on any atom is 0.161 e. The zero-order valence-electron chi connectivity index (χ0n) is 9.63. The minimum atomic E-state index is -0.913. The van der Waals surface area contributed by atoms with Gasteiger partial charge >= 0.3 is 0 Å². The van der Waals surface area contributed by atoms with E-state index in [1.165, 1.54) is 6.07 Å². The molecule has 0 amide bonds. The van der Waals surface area contributed by atoms with Gasteiger partial charge in [0.25, 0.3) is 0 Å². The van der Waals surface area contributed by atoms with Crippen molar-refractivity contribution in [3.8, 4) is 11.4 Å². The number of aromatic nitrogens is 2. The van der Waals surface area contributed by atoms with Crippen LogP contribution in [0.15, 0.2) is 18.2 Å². The SMILES string of the molecule is Fc1ccc(-c2nc(Cl)c(I)c(C3CC3)n2)cc1F. The number of hydrogen-bond donors (Lipinski definition) is 0. The summed E-state index contributed by atoms with van der Waals surface area (Å²) in [4.78, 5) is 8.59. The molecule has 1 aliphatic rings. The zero-order chi connectivity index (χ0) is 13.6. The van der Waals surface area contributed by atoms with E-state index in [2.05, 4.69) is 32.6 Å². The smallest absolute Gasteiger partial charge is 0.161 e. The van der Waals surface area contributed by atoms with Crippen LogP contribution in [0.4, 0.5) is 8.78 Å². The summed E-state index contributed by atoms with van der Waals surface area (Å²) in [5, 5.41) is 0.359. The molecule has 0 N–H and O–H groups in total. The Morgan fingerprint density at radius 2 is 1.89 bits per heavy atom. The van der Waals surface area contributed by atoms with Crippen LogP contribution in [0.25, 0.3) is 11.4 Å². The molecule has 0 unspecified atom stereocenters. The van der Waals surface area contributed by atoms with Gasteiger partial charge in [-0.15, -0.1) is 0 Å². The topological polar surface area (TPSA) is 25.8 Å². The Morgan fingerprint density at radius 3 is 2.53 bits per heavy atom. The average molecular weight is 393 g/mol. The van der Waals surface area contributed by atoms with E-state index in [9.17, 15) is 8.78 Å². The van der Waals surface area contributed by atoms with Crippen molar-refractivity contribution in [3.05, 3.63) is 44.3 Å². The molecule has 98 valence electrons. The van der Waals surface area contributed by atoms with Crippen LogP contribution in [0.5, 0.6) is 0 Å². The summed E-state index contributed by atoms with van der Waals surface area (Å²) in [7, 11) is 0. The van der Waals surface area contributed by atoms with E-state index in [0.717, 1.165) is 34.2 Å². The van der Waals surface area contributed by atoms with Crippen molar-refractivity contribution >= 4 is 34.2 Å². The predicted octanol–water partition coefficient (Wildman–Crippen LogP) is 4.56. The first kappa shape index (κ1) is 13.2. The quantitative estimate of drug-likeness (QED) is 0.553. The van der Waals surface area contributed by atoms with Gasteiger partial charge in [0.05, 0.1) is 9.26 Å². The molecule has 0 atom stereocenters. The fourth-order valence-electron chi connectivity index (χ4n) is 1.83. The molecule has 1 aliphatic carbocycles. The maximum atomic E-state index is 13.3. The lowest BCUT2D eigenvalue weighted by atomic mass is 10.2. The first-order valence-electron chi connectivity index (χ1n) is 5.74. The van der Waals surface area contributed by atoms with E-state index in [1.807, 2.05) is 0 Å². The van der Waals surface area contributed by atoms with Crippen LogP contribution >= 0.6 is 34.2 Å². The Hall–Kier alpha value is -0.820. The number of rotatable bonds is 2. The second-order valence-electron chi connectivity index (χ2n) is 4.44. The highest BCUT2D eigenvalue weighted by molar-refractivity contribution is 14.1. The van der Waals surface area contributed by atoms with E-state index < -0.39 is 11.6 Å². The van der Waals surface area contributed by atoms with Crippen LogP contribution in [-0.2, 0) is 0 Å². The van der Waals surface area contributed by atoms with Gasteiger partial charge < -0.3 is 0 Å². The summed E-state index contributed by atoms with van der Waals surface area (Å²) >= 11 is 8.20. The van der Waals surface area contributed by atoms with E-state index in [0.29, 0.717) is 22.5 Å². The molecule has 19 heavy (non-hydrogen) atoms. The second-order valence-corrected chi connectivity index (χ2v) is 5.88. The van der Waals surface area contributed by atoms with Gasteiger partial charge in [0.2, 0.25) is 0 Å². The van der Waals surface area contributed by atoms with Crippen molar-refractivity contribution in [3.63, 3.8) is 0 Å². The Morgan fingerprint density at radius 1 is 1.16 bits per heavy atom. The van der Waals surface area contributed by atoms with Crippen LogP contribution in [0.3, 0.4) is 0 Å². The molecular weight excluding hydrogens is 385 g/mol. The van der Waals surface area contributed by atoms with Crippen LogP contribution in [0, 0.1) is 15.2 Å². The summed E-state index contributed by atoms with van der Waals surface area (Å²) in [6.45, 7) is 0. The average Bonchev–Trinajstić information content (AvgIpc) is 3.20. The Kier molecular flexibility index (Phi) is 3.42. The standard InChI is InChI=1S/C13H8ClF2IN2/c14-12-10(17)11(6-1-2-6)18-13(19-12)7-3-4-8(15)9(16)5-7/h3-6H,1-2H2. The highest BCUT2D eigenvalue weighted by Crippen LogP contribution is 2.42. The van der Waals surface area contributed by atoms with Crippen molar-refractivity contribution in [1.29, 1.82) is 0 Å². The largest absolute Gasteiger partial charge is 0.232 e. The van der Waals surface area contributed by atoms with Crippen molar-refractivity contribution in [2.75, 3.05) is 0 Å². The van der Waals surface area contributed by atoms with Gasteiger partial charge in [0, 0.05) is 11.5 Å². The summed E-state index contributed by atoms with van der Waals surface area (Å²) in [6, 6.07) is 3.61. The molecule has 1 saturated carbocycles. The molecule has 0 aliphatic heterocycles. The van der Waals surface area contributed by atoms with E-state index in [1.54, 1.807) is 0 Å². The fourth-order valence-corrected chi connectivity index (χ4v) is 2.69. The Balaban J connectivity index is 2.11. The van der Waals surface area contributed by atoms with Gasteiger partial charge in [-0.3, -0.25) is 0 Å². The molecule has 2 nitrogen and oxygen atoms in total. The first-order valence-corrected chi connectivity index (χ1v) is 7.20. The minimum Gasteiger partial charge on any atom is -0.232 e. The van der Waals surface area contributed by atoms with Gasteiger partial charge in [0.1, 0.15) is 5.15 Å². The molecule has 2 aromatic rings. The van der Waals surface area contributed by atoms with Crippen molar-refractivity contribution in [2.24, 2.45) is 0 Å². The van der Waals surface area contributed by atoms with Gasteiger partial charge in [0.15, 0.2) is 17.5 Å². The highest BCUT2D eigenvalue weighted by atomic mass is 127. The van der Waals surface area contributed by atoms with Crippen molar-refractivity contribution < 1.29 is 8.78 Å². The van der Waals surface area contributed by atoms with E-state index in [-0.39, 0.29) is 0 Å². The summed E-state index contributed by atoms with van der Waals surface area (Å²) < 4.78 is 27.0. The van der Waals surface area contributed by atoms with Crippen molar-refractivity contribution in [1.82, 2.24) is 9.97 Å².